The summed E-state index contributed by atoms with van der Waals surface area (Å²) in [6, 6.07) is 0.481. The highest BCUT2D eigenvalue weighted by atomic mass is 16.2. The molecule has 1 aliphatic heterocycles. The molecule has 16 heavy (non-hydrogen) atoms. The molecular formula is C12H25N3O. The summed E-state index contributed by atoms with van der Waals surface area (Å²) in [6.07, 6.45) is 3.41. The van der Waals surface area contributed by atoms with Gasteiger partial charge in [-0.15, -0.1) is 0 Å². The number of nitrogens with zero attached hydrogens (tertiary/aromatic N) is 2. The maximum atomic E-state index is 12.0. The number of hydrogen-bond donors (Lipinski definition) is 1. The number of likely N-dealkylation sites (tertiary alicyclic amines) is 1. The number of carbonyl (C=O) groups is 1. The lowest BCUT2D eigenvalue weighted by Crippen LogP contribution is -2.49. The second kappa shape index (κ2) is 6.86. The molecule has 1 saturated heterocycles. The third-order valence-corrected chi connectivity index (χ3v) is 3.19. The van der Waals surface area contributed by atoms with Crippen LogP contribution in [-0.4, -0.2) is 62.0 Å². The number of amides is 1. The minimum Gasteiger partial charge on any atom is -0.340 e. The highest BCUT2D eigenvalue weighted by Crippen LogP contribution is 2.10. The van der Waals surface area contributed by atoms with Gasteiger partial charge in [-0.25, -0.2) is 0 Å². The zero-order valence-electron chi connectivity index (χ0n) is 10.8. The van der Waals surface area contributed by atoms with E-state index in [1.54, 1.807) is 0 Å². The van der Waals surface area contributed by atoms with Crippen molar-refractivity contribution in [1.82, 2.24) is 15.1 Å². The van der Waals surface area contributed by atoms with Gasteiger partial charge in [0.1, 0.15) is 0 Å². The van der Waals surface area contributed by atoms with Crippen LogP contribution in [0.3, 0.4) is 0 Å². The lowest BCUT2D eigenvalue weighted by Gasteiger charge is -2.33. The van der Waals surface area contributed by atoms with Crippen LogP contribution in [0.25, 0.3) is 0 Å². The Bertz CT molecular complexity index is 220. The lowest BCUT2D eigenvalue weighted by molar-refractivity contribution is -0.133. The standard InChI is InChI=1S/C12H25N3O/c1-4-7-14(3)10-12(16)15-8-5-6-11(9-15)13-2/h11,13H,4-10H2,1-3H3. The van der Waals surface area contributed by atoms with Gasteiger partial charge in [0.2, 0.25) is 5.91 Å². The van der Waals surface area contributed by atoms with Gasteiger partial charge in [-0.05, 0) is 39.9 Å². The number of piperidine rings is 1. The van der Waals surface area contributed by atoms with Crippen molar-refractivity contribution in [2.45, 2.75) is 32.2 Å². The summed E-state index contributed by atoms with van der Waals surface area (Å²) in [5.74, 6) is 0.274. The minimum atomic E-state index is 0.274. The molecule has 0 aromatic heterocycles. The average molecular weight is 227 g/mol. The summed E-state index contributed by atoms with van der Waals surface area (Å²) in [5, 5.41) is 3.26. The Morgan fingerprint density at radius 1 is 1.56 bits per heavy atom. The molecule has 1 heterocycles. The van der Waals surface area contributed by atoms with Crippen LogP contribution < -0.4 is 5.32 Å². The number of rotatable bonds is 5. The quantitative estimate of drug-likeness (QED) is 0.744. The summed E-state index contributed by atoms with van der Waals surface area (Å²) in [6.45, 7) is 5.49. The molecule has 4 heteroatoms. The van der Waals surface area contributed by atoms with E-state index in [0.29, 0.717) is 12.6 Å². The van der Waals surface area contributed by atoms with Crippen LogP contribution >= 0.6 is 0 Å². The van der Waals surface area contributed by atoms with Crippen LogP contribution in [0.4, 0.5) is 0 Å². The van der Waals surface area contributed by atoms with Gasteiger partial charge < -0.3 is 10.2 Å². The maximum absolute atomic E-state index is 12.0. The molecule has 0 saturated carbocycles. The smallest absolute Gasteiger partial charge is 0.236 e. The molecule has 1 amide bonds. The maximum Gasteiger partial charge on any atom is 0.236 e. The Hall–Kier alpha value is -0.610. The summed E-state index contributed by atoms with van der Waals surface area (Å²) in [5.41, 5.74) is 0. The zero-order valence-corrected chi connectivity index (χ0v) is 10.8. The minimum absolute atomic E-state index is 0.274. The zero-order chi connectivity index (χ0) is 12.0. The van der Waals surface area contributed by atoms with E-state index in [2.05, 4.69) is 17.1 Å². The third kappa shape index (κ3) is 4.10. The van der Waals surface area contributed by atoms with Crippen molar-refractivity contribution < 1.29 is 4.79 Å². The Labute approximate surface area is 99.0 Å². The highest BCUT2D eigenvalue weighted by Gasteiger charge is 2.22. The van der Waals surface area contributed by atoms with Gasteiger partial charge in [0, 0.05) is 19.1 Å². The SMILES string of the molecule is CCCN(C)CC(=O)N1CCCC(NC)C1. The van der Waals surface area contributed by atoms with E-state index in [1.807, 2.05) is 19.0 Å². The molecule has 1 rings (SSSR count). The first kappa shape index (κ1) is 13.5. The van der Waals surface area contributed by atoms with Gasteiger partial charge in [0.25, 0.3) is 0 Å². The Morgan fingerprint density at radius 2 is 2.31 bits per heavy atom. The van der Waals surface area contributed by atoms with E-state index in [1.165, 1.54) is 6.42 Å². The molecule has 4 nitrogen and oxygen atoms in total. The molecule has 0 bridgehead atoms. The molecule has 0 aliphatic carbocycles. The highest BCUT2D eigenvalue weighted by molar-refractivity contribution is 5.78. The Morgan fingerprint density at radius 3 is 2.94 bits per heavy atom. The predicted octanol–water partition coefficient (Wildman–Crippen LogP) is 0.539. The third-order valence-electron chi connectivity index (χ3n) is 3.19. The number of carbonyl (C=O) groups excluding carboxylic acids is 1. The molecule has 0 radical (unpaired) electrons. The first-order valence-corrected chi connectivity index (χ1v) is 6.31. The molecule has 94 valence electrons. The molecule has 1 atom stereocenters. The fourth-order valence-electron chi connectivity index (χ4n) is 2.23. The molecule has 0 spiro atoms. The second-order valence-electron chi connectivity index (χ2n) is 4.71. The van der Waals surface area contributed by atoms with Crippen molar-refractivity contribution in [3.63, 3.8) is 0 Å². The van der Waals surface area contributed by atoms with Crippen molar-refractivity contribution in [3.8, 4) is 0 Å². The summed E-state index contributed by atoms with van der Waals surface area (Å²) < 4.78 is 0. The largest absolute Gasteiger partial charge is 0.340 e. The van der Waals surface area contributed by atoms with Crippen LogP contribution in [0.15, 0.2) is 0 Å². The van der Waals surface area contributed by atoms with Crippen molar-refractivity contribution in [3.05, 3.63) is 0 Å². The van der Waals surface area contributed by atoms with Crippen molar-refractivity contribution in [2.24, 2.45) is 0 Å². The Balaban J connectivity index is 2.35. The van der Waals surface area contributed by atoms with Gasteiger partial charge in [-0.1, -0.05) is 6.92 Å². The van der Waals surface area contributed by atoms with E-state index in [4.69, 9.17) is 0 Å². The summed E-state index contributed by atoms with van der Waals surface area (Å²) in [4.78, 5) is 16.1. The Kier molecular flexibility index (Phi) is 5.77. The number of nitrogens with one attached hydrogen (secondary N) is 1. The normalized spacial score (nSPS) is 21.5. The average Bonchev–Trinajstić information content (AvgIpc) is 2.29. The molecule has 0 aromatic rings. The van der Waals surface area contributed by atoms with E-state index >= 15 is 0 Å². The van der Waals surface area contributed by atoms with E-state index < -0.39 is 0 Å². The summed E-state index contributed by atoms with van der Waals surface area (Å²) in [7, 11) is 3.99. The topological polar surface area (TPSA) is 35.6 Å². The van der Waals surface area contributed by atoms with Gasteiger partial charge in [-0.3, -0.25) is 9.69 Å². The molecular weight excluding hydrogens is 202 g/mol. The molecule has 0 aromatic carbocycles. The number of hydrogen-bond acceptors (Lipinski definition) is 3. The first-order chi connectivity index (χ1) is 7.67. The van der Waals surface area contributed by atoms with Gasteiger partial charge in [0.05, 0.1) is 6.54 Å². The van der Waals surface area contributed by atoms with E-state index in [0.717, 1.165) is 32.5 Å². The van der Waals surface area contributed by atoms with E-state index in [-0.39, 0.29) is 5.91 Å². The predicted molar refractivity (Wildman–Crippen MR) is 66.4 cm³/mol. The van der Waals surface area contributed by atoms with Crippen LogP contribution in [0.2, 0.25) is 0 Å². The fourth-order valence-corrected chi connectivity index (χ4v) is 2.23. The number of likely N-dealkylation sites (N-methyl/N-ethyl adjacent to an activating group) is 2. The van der Waals surface area contributed by atoms with Crippen LogP contribution in [0.5, 0.6) is 0 Å². The van der Waals surface area contributed by atoms with Gasteiger partial charge in [-0.2, -0.15) is 0 Å². The molecule has 1 aliphatic rings. The van der Waals surface area contributed by atoms with Gasteiger partial charge >= 0.3 is 0 Å². The first-order valence-electron chi connectivity index (χ1n) is 6.31. The fraction of sp³-hybridized carbons (Fsp3) is 0.917. The summed E-state index contributed by atoms with van der Waals surface area (Å²) >= 11 is 0. The van der Waals surface area contributed by atoms with Crippen LogP contribution in [-0.2, 0) is 4.79 Å². The molecule has 1 fully saturated rings. The van der Waals surface area contributed by atoms with Crippen molar-refractivity contribution in [2.75, 3.05) is 40.3 Å². The van der Waals surface area contributed by atoms with E-state index in [9.17, 15) is 4.79 Å². The van der Waals surface area contributed by atoms with Crippen LogP contribution in [0, 0.1) is 0 Å². The van der Waals surface area contributed by atoms with Gasteiger partial charge in [0.15, 0.2) is 0 Å². The van der Waals surface area contributed by atoms with Crippen LogP contribution in [0.1, 0.15) is 26.2 Å². The molecule has 1 unspecified atom stereocenters. The molecule has 1 N–H and O–H groups in total. The lowest BCUT2D eigenvalue weighted by atomic mass is 10.1. The van der Waals surface area contributed by atoms with Crippen molar-refractivity contribution >= 4 is 5.91 Å². The van der Waals surface area contributed by atoms with Crippen molar-refractivity contribution in [1.29, 1.82) is 0 Å². The monoisotopic (exact) mass is 227 g/mol. The second-order valence-corrected chi connectivity index (χ2v) is 4.71.